The number of nitrogens with one attached hydrogen (secondary N) is 1. The zero-order valence-corrected chi connectivity index (χ0v) is 25.5. The first-order valence-corrected chi connectivity index (χ1v) is 14.8. The monoisotopic (exact) mass is 631 g/mol. The molecule has 40 heavy (non-hydrogen) atoms. The minimum atomic E-state index is -4.19. The Balaban J connectivity index is 2.07. The number of benzene rings is 3. The Kier molecular flexibility index (Phi) is 10.6. The summed E-state index contributed by atoms with van der Waals surface area (Å²) in [5, 5.41) is 2.84. The van der Waals surface area contributed by atoms with Gasteiger partial charge in [-0.3, -0.25) is 13.9 Å². The molecular formula is C29H34BrN3O6S. The highest BCUT2D eigenvalue weighted by Gasteiger charge is 2.33. The van der Waals surface area contributed by atoms with E-state index in [-0.39, 0.29) is 29.1 Å². The van der Waals surface area contributed by atoms with E-state index in [0.717, 1.165) is 14.3 Å². The molecule has 0 aliphatic rings. The van der Waals surface area contributed by atoms with E-state index < -0.39 is 28.5 Å². The lowest BCUT2D eigenvalue weighted by Crippen LogP contribution is -2.52. The molecule has 1 N–H and O–H groups in total. The number of carbonyl (C=O) groups excluding carboxylic acids is 2. The van der Waals surface area contributed by atoms with Crippen LogP contribution in [-0.2, 0) is 26.2 Å². The molecule has 0 saturated carbocycles. The lowest BCUT2D eigenvalue weighted by molar-refractivity contribution is -0.139. The van der Waals surface area contributed by atoms with Gasteiger partial charge in [-0.15, -0.1) is 0 Å². The molecule has 11 heteroatoms. The molecule has 0 radical (unpaired) electrons. The van der Waals surface area contributed by atoms with Crippen molar-refractivity contribution in [1.82, 2.24) is 10.2 Å². The van der Waals surface area contributed by atoms with E-state index in [1.54, 1.807) is 37.3 Å². The van der Waals surface area contributed by atoms with Gasteiger partial charge >= 0.3 is 0 Å². The topological polar surface area (TPSA) is 105 Å². The van der Waals surface area contributed by atoms with Crippen LogP contribution in [0.5, 0.6) is 11.5 Å². The molecule has 2 amide bonds. The molecular weight excluding hydrogens is 598 g/mol. The van der Waals surface area contributed by atoms with Crippen molar-refractivity contribution >= 4 is 43.5 Å². The number of hydrogen-bond donors (Lipinski definition) is 1. The van der Waals surface area contributed by atoms with Crippen LogP contribution in [0.25, 0.3) is 0 Å². The molecule has 9 nitrogen and oxygen atoms in total. The number of hydrogen-bond acceptors (Lipinski definition) is 6. The Morgan fingerprint density at radius 3 is 2.10 bits per heavy atom. The fourth-order valence-corrected chi connectivity index (χ4v) is 5.69. The van der Waals surface area contributed by atoms with Crippen molar-refractivity contribution in [3.8, 4) is 11.5 Å². The van der Waals surface area contributed by atoms with Gasteiger partial charge in [-0.05, 0) is 62.7 Å². The molecule has 3 aromatic carbocycles. The van der Waals surface area contributed by atoms with E-state index in [4.69, 9.17) is 9.47 Å². The van der Waals surface area contributed by atoms with Crippen molar-refractivity contribution in [2.45, 2.75) is 44.3 Å². The molecule has 0 aliphatic carbocycles. The highest BCUT2D eigenvalue weighted by Crippen LogP contribution is 2.34. The van der Waals surface area contributed by atoms with Gasteiger partial charge in [0.1, 0.15) is 12.6 Å². The van der Waals surface area contributed by atoms with Crippen molar-refractivity contribution in [1.29, 1.82) is 0 Å². The van der Waals surface area contributed by atoms with Crippen LogP contribution in [-0.4, -0.2) is 58.0 Å². The number of methoxy groups -OCH3 is 2. The average Bonchev–Trinajstić information content (AvgIpc) is 2.94. The van der Waals surface area contributed by atoms with Crippen LogP contribution in [0.15, 0.2) is 82.2 Å². The summed E-state index contributed by atoms with van der Waals surface area (Å²) in [6.07, 6.45) is 0. The SMILES string of the molecule is COc1ccc(N(CC(=O)N(Cc2ccc(Br)cc2)[C@@H](C)C(=O)NC(C)C)S(=O)(=O)c2ccccc2)cc1OC. The largest absolute Gasteiger partial charge is 0.493 e. The first-order valence-electron chi connectivity index (χ1n) is 12.6. The average molecular weight is 633 g/mol. The van der Waals surface area contributed by atoms with Gasteiger partial charge in [-0.25, -0.2) is 8.42 Å². The summed E-state index contributed by atoms with van der Waals surface area (Å²) < 4.78 is 40.4. The second kappa shape index (κ2) is 13.7. The maximum absolute atomic E-state index is 14.0. The van der Waals surface area contributed by atoms with Gasteiger partial charge in [0.15, 0.2) is 11.5 Å². The van der Waals surface area contributed by atoms with Crippen LogP contribution in [0.2, 0.25) is 0 Å². The van der Waals surface area contributed by atoms with E-state index in [0.29, 0.717) is 11.5 Å². The van der Waals surface area contributed by atoms with Gasteiger partial charge in [-0.1, -0.05) is 46.3 Å². The van der Waals surface area contributed by atoms with Gasteiger partial charge in [0.25, 0.3) is 10.0 Å². The maximum atomic E-state index is 14.0. The zero-order valence-electron chi connectivity index (χ0n) is 23.1. The first kappa shape index (κ1) is 31.0. The summed E-state index contributed by atoms with van der Waals surface area (Å²) >= 11 is 3.41. The number of carbonyl (C=O) groups is 2. The predicted molar refractivity (Wildman–Crippen MR) is 158 cm³/mol. The van der Waals surface area contributed by atoms with Crippen LogP contribution in [0, 0.1) is 0 Å². The fraction of sp³-hybridized carbons (Fsp3) is 0.310. The summed E-state index contributed by atoms with van der Waals surface area (Å²) in [7, 11) is -1.27. The Hall–Kier alpha value is -3.57. The molecule has 0 heterocycles. The third-order valence-corrected chi connectivity index (χ3v) is 8.45. The molecule has 0 saturated heterocycles. The summed E-state index contributed by atoms with van der Waals surface area (Å²) in [5.41, 5.74) is 0.988. The molecule has 0 unspecified atom stereocenters. The number of nitrogens with zero attached hydrogens (tertiary/aromatic N) is 2. The Bertz CT molecular complexity index is 1420. The molecule has 3 aromatic rings. The minimum absolute atomic E-state index is 0.0163. The number of ether oxygens (including phenoxy) is 2. The molecule has 0 aliphatic heterocycles. The number of amides is 2. The Morgan fingerprint density at radius 1 is 0.900 bits per heavy atom. The number of anilines is 1. The summed E-state index contributed by atoms with van der Waals surface area (Å²) in [4.78, 5) is 28.4. The Labute approximate surface area is 244 Å². The predicted octanol–water partition coefficient (Wildman–Crippen LogP) is 4.60. The van der Waals surface area contributed by atoms with Crippen molar-refractivity contribution in [3.63, 3.8) is 0 Å². The molecule has 0 aromatic heterocycles. The molecule has 0 spiro atoms. The standard InChI is InChI=1S/C29H34BrN3O6S/c1-20(2)31-29(35)21(3)32(18-22-11-13-23(30)14-12-22)28(34)19-33(40(36,37)25-9-7-6-8-10-25)24-15-16-26(38-4)27(17-24)39-5/h6-17,20-21H,18-19H2,1-5H3,(H,31,35)/t21-/m0/s1. The number of sulfonamides is 1. The molecule has 0 bridgehead atoms. The summed E-state index contributed by atoms with van der Waals surface area (Å²) in [6, 6.07) is 18.8. The van der Waals surface area contributed by atoms with Crippen LogP contribution < -0.4 is 19.1 Å². The van der Waals surface area contributed by atoms with Crippen LogP contribution in [0.1, 0.15) is 26.3 Å². The van der Waals surface area contributed by atoms with Crippen LogP contribution in [0.4, 0.5) is 5.69 Å². The lowest BCUT2D eigenvalue weighted by Gasteiger charge is -2.32. The van der Waals surface area contributed by atoms with Crippen LogP contribution >= 0.6 is 15.9 Å². The number of halogens is 1. The lowest BCUT2D eigenvalue weighted by atomic mass is 10.1. The summed E-state index contributed by atoms with van der Waals surface area (Å²) in [5.74, 6) is -0.185. The molecule has 214 valence electrons. The van der Waals surface area contributed by atoms with Crippen LogP contribution in [0.3, 0.4) is 0 Å². The van der Waals surface area contributed by atoms with E-state index in [9.17, 15) is 18.0 Å². The van der Waals surface area contributed by atoms with Gasteiger partial charge in [0, 0.05) is 23.1 Å². The van der Waals surface area contributed by atoms with Gasteiger partial charge < -0.3 is 19.7 Å². The third-order valence-electron chi connectivity index (χ3n) is 6.13. The van der Waals surface area contributed by atoms with Gasteiger partial charge in [0.2, 0.25) is 11.8 Å². The quantitative estimate of drug-likeness (QED) is 0.313. The van der Waals surface area contributed by atoms with E-state index in [2.05, 4.69) is 21.2 Å². The second-order valence-corrected chi connectivity index (χ2v) is 12.1. The van der Waals surface area contributed by atoms with Crippen molar-refractivity contribution in [2.24, 2.45) is 0 Å². The third kappa shape index (κ3) is 7.54. The first-order chi connectivity index (χ1) is 19.0. The normalized spacial score (nSPS) is 12.0. The molecule has 0 fully saturated rings. The second-order valence-electron chi connectivity index (χ2n) is 9.35. The molecule has 3 rings (SSSR count). The zero-order chi connectivity index (χ0) is 29.4. The Morgan fingerprint density at radius 2 is 1.52 bits per heavy atom. The van der Waals surface area contributed by atoms with Gasteiger partial charge in [-0.2, -0.15) is 0 Å². The smallest absolute Gasteiger partial charge is 0.264 e. The van der Waals surface area contributed by atoms with Crippen molar-refractivity contribution in [2.75, 3.05) is 25.1 Å². The fourth-order valence-electron chi connectivity index (χ4n) is 4.00. The highest BCUT2D eigenvalue weighted by atomic mass is 79.9. The number of rotatable bonds is 12. The summed E-state index contributed by atoms with van der Waals surface area (Å²) in [6.45, 7) is 4.83. The highest BCUT2D eigenvalue weighted by molar-refractivity contribution is 9.10. The van der Waals surface area contributed by atoms with E-state index >= 15 is 0 Å². The van der Waals surface area contributed by atoms with Gasteiger partial charge in [0.05, 0.1) is 24.8 Å². The van der Waals surface area contributed by atoms with Crippen molar-refractivity contribution < 1.29 is 27.5 Å². The van der Waals surface area contributed by atoms with E-state index in [1.807, 2.05) is 38.1 Å². The molecule has 1 atom stereocenters. The van der Waals surface area contributed by atoms with E-state index in [1.165, 1.54) is 37.3 Å². The van der Waals surface area contributed by atoms with Crippen molar-refractivity contribution in [3.05, 3.63) is 82.8 Å². The maximum Gasteiger partial charge on any atom is 0.264 e. The minimum Gasteiger partial charge on any atom is -0.493 e.